The van der Waals surface area contributed by atoms with Crippen LogP contribution in [0.2, 0.25) is 0 Å². The highest BCUT2D eigenvalue weighted by atomic mass is 16.3. The summed E-state index contributed by atoms with van der Waals surface area (Å²) in [5.41, 5.74) is 0. The van der Waals surface area contributed by atoms with Crippen molar-refractivity contribution in [2.24, 2.45) is 0 Å². The van der Waals surface area contributed by atoms with Gasteiger partial charge in [0.15, 0.2) is 11.5 Å². The van der Waals surface area contributed by atoms with E-state index in [1.807, 2.05) is 13.0 Å². The predicted octanol–water partition coefficient (Wildman–Crippen LogP) is 2.44. The van der Waals surface area contributed by atoms with E-state index in [2.05, 4.69) is 5.92 Å². The maximum absolute atomic E-state index is 11.3. The summed E-state index contributed by atoms with van der Waals surface area (Å²) in [5, 5.41) is 0. The van der Waals surface area contributed by atoms with Gasteiger partial charge in [0.1, 0.15) is 5.76 Å². The van der Waals surface area contributed by atoms with Crippen LogP contribution in [0.15, 0.2) is 16.5 Å². The molecule has 13 heavy (non-hydrogen) atoms. The van der Waals surface area contributed by atoms with Crippen LogP contribution >= 0.6 is 0 Å². The summed E-state index contributed by atoms with van der Waals surface area (Å²) in [4.78, 5) is 11.3. The Balaban J connectivity index is 2.62. The quantitative estimate of drug-likeness (QED) is 0.521. The summed E-state index contributed by atoms with van der Waals surface area (Å²) in [6.45, 7) is 1.98. The average molecular weight is 176 g/mol. The van der Waals surface area contributed by atoms with E-state index in [-0.39, 0.29) is 5.78 Å². The van der Waals surface area contributed by atoms with Crippen molar-refractivity contribution in [2.45, 2.75) is 26.2 Å². The third-order valence-electron chi connectivity index (χ3n) is 1.78. The molecule has 0 radical (unpaired) electrons. The van der Waals surface area contributed by atoms with Crippen molar-refractivity contribution in [1.29, 1.82) is 0 Å². The number of carbonyl (C=O) groups is 1. The molecule has 0 bridgehead atoms. The van der Waals surface area contributed by atoms with Crippen molar-refractivity contribution in [3.63, 3.8) is 0 Å². The second-order valence-corrected chi connectivity index (χ2v) is 2.75. The van der Waals surface area contributed by atoms with Crippen molar-refractivity contribution < 1.29 is 9.21 Å². The van der Waals surface area contributed by atoms with E-state index < -0.39 is 0 Å². The van der Waals surface area contributed by atoms with Gasteiger partial charge in [-0.05, 0) is 12.1 Å². The van der Waals surface area contributed by atoms with Crippen LogP contribution in [0, 0.1) is 12.3 Å². The third-order valence-corrected chi connectivity index (χ3v) is 1.78. The van der Waals surface area contributed by atoms with Crippen LogP contribution in [-0.4, -0.2) is 5.78 Å². The zero-order chi connectivity index (χ0) is 9.68. The average Bonchev–Trinajstić information content (AvgIpc) is 2.62. The van der Waals surface area contributed by atoms with E-state index in [9.17, 15) is 4.79 Å². The SMILES string of the molecule is C#CCCC(=O)c1ccc(CC)o1. The molecule has 1 heterocycles. The van der Waals surface area contributed by atoms with Crippen molar-refractivity contribution in [1.82, 2.24) is 0 Å². The van der Waals surface area contributed by atoms with Gasteiger partial charge in [0.25, 0.3) is 0 Å². The first kappa shape index (κ1) is 9.60. The molecule has 0 aliphatic carbocycles. The Bertz CT molecular complexity index is 328. The smallest absolute Gasteiger partial charge is 0.198 e. The van der Waals surface area contributed by atoms with Crippen LogP contribution in [0.1, 0.15) is 36.1 Å². The van der Waals surface area contributed by atoms with Gasteiger partial charge in [-0.1, -0.05) is 6.92 Å². The normalized spacial score (nSPS) is 9.54. The Morgan fingerprint density at radius 2 is 2.38 bits per heavy atom. The van der Waals surface area contributed by atoms with E-state index in [0.29, 0.717) is 18.6 Å². The van der Waals surface area contributed by atoms with E-state index in [0.717, 1.165) is 12.2 Å². The van der Waals surface area contributed by atoms with Gasteiger partial charge in [-0.15, -0.1) is 12.3 Å². The lowest BCUT2D eigenvalue weighted by Crippen LogP contribution is -1.95. The molecule has 0 saturated heterocycles. The zero-order valence-corrected chi connectivity index (χ0v) is 7.67. The van der Waals surface area contributed by atoms with Crippen molar-refractivity contribution in [2.75, 3.05) is 0 Å². The Labute approximate surface area is 77.9 Å². The number of carbonyl (C=O) groups excluding carboxylic acids is 1. The van der Waals surface area contributed by atoms with Gasteiger partial charge >= 0.3 is 0 Å². The van der Waals surface area contributed by atoms with Crippen LogP contribution in [-0.2, 0) is 6.42 Å². The summed E-state index contributed by atoms with van der Waals surface area (Å²) >= 11 is 0. The van der Waals surface area contributed by atoms with Crippen LogP contribution in [0.4, 0.5) is 0 Å². The molecule has 2 nitrogen and oxygen atoms in total. The molecule has 1 rings (SSSR count). The first-order valence-corrected chi connectivity index (χ1v) is 4.33. The summed E-state index contributed by atoms with van der Waals surface area (Å²) in [6.07, 6.45) is 6.70. The zero-order valence-electron chi connectivity index (χ0n) is 7.67. The molecule has 0 aliphatic heterocycles. The number of hydrogen-bond acceptors (Lipinski definition) is 2. The number of furan rings is 1. The highest BCUT2D eigenvalue weighted by molar-refractivity contribution is 5.93. The van der Waals surface area contributed by atoms with Crippen molar-refractivity contribution in [3.05, 3.63) is 23.7 Å². The highest BCUT2D eigenvalue weighted by Gasteiger charge is 2.09. The minimum atomic E-state index is -0.0161. The lowest BCUT2D eigenvalue weighted by molar-refractivity contribution is 0.0956. The Morgan fingerprint density at radius 1 is 1.62 bits per heavy atom. The van der Waals surface area contributed by atoms with Crippen molar-refractivity contribution >= 4 is 5.78 Å². The van der Waals surface area contributed by atoms with Gasteiger partial charge in [0.05, 0.1) is 0 Å². The molecule has 0 amide bonds. The largest absolute Gasteiger partial charge is 0.458 e. The van der Waals surface area contributed by atoms with Crippen LogP contribution < -0.4 is 0 Å². The first-order chi connectivity index (χ1) is 6.27. The number of hydrogen-bond donors (Lipinski definition) is 0. The maximum atomic E-state index is 11.3. The monoisotopic (exact) mass is 176 g/mol. The van der Waals surface area contributed by atoms with Crippen LogP contribution in [0.5, 0.6) is 0 Å². The van der Waals surface area contributed by atoms with Gasteiger partial charge in [-0.2, -0.15) is 0 Å². The summed E-state index contributed by atoms with van der Waals surface area (Å²) < 4.78 is 5.27. The number of aryl methyl sites for hydroxylation is 1. The minimum Gasteiger partial charge on any atom is -0.458 e. The number of terminal acetylenes is 1. The van der Waals surface area contributed by atoms with Crippen molar-refractivity contribution in [3.8, 4) is 12.3 Å². The fourth-order valence-corrected chi connectivity index (χ4v) is 1.03. The lowest BCUT2D eigenvalue weighted by Gasteiger charge is -1.92. The van der Waals surface area contributed by atoms with E-state index in [1.165, 1.54) is 0 Å². The number of rotatable bonds is 4. The Hall–Kier alpha value is -1.49. The molecule has 0 N–H and O–H groups in total. The molecule has 0 spiro atoms. The topological polar surface area (TPSA) is 30.2 Å². The van der Waals surface area contributed by atoms with Crippen LogP contribution in [0.3, 0.4) is 0 Å². The van der Waals surface area contributed by atoms with E-state index >= 15 is 0 Å². The molecule has 0 fully saturated rings. The molecule has 0 saturated carbocycles. The third kappa shape index (κ3) is 2.48. The summed E-state index contributed by atoms with van der Waals surface area (Å²) in [5.74, 6) is 3.67. The maximum Gasteiger partial charge on any atom is 0.198 e. The number of ketones is 1. The Morgan fingerprint density at radius 3 is 2.92 bits per heavy atom. The minimum absolute atomic E-state index is 0.0161. The number of Topliss-reactive ketones (excluding diaryl/α,β-unsaturated/α-hetero) is 1. The fourth-order valence-electron chi connectivity index (χ4n) is 1.03. The van der Waals surface area contributed by atoms with E-state index in [4.69, 9.17) is 10.8 Å². The van der Waals surface area contributed by atoms with Gasteiger partial charge in [-0.25, -0.2) is 0 Å². The molecular weight excluding hydrogens is 164 g/mol. The Kier molecular flexibility index (Phi) is 3.33. The van der Waals surface area contributed by atoms with Gasteiger partial charge in [0, 0.05) is 19.3 Å². The highest BCUT2D eigenvalue weighted by Crippen LogP contribution is 2.11. The second kappa shape index (κ2) is 4.51. The molecular formula is C11H12O2. The molecule has 0 aromatic carbocycles. The predicted molar refractivity (Wildman–Crippen MR) is 50.5 cm³/mol. The van der Waals surface area contributed by atoms with Gasteiger partial charge in [0.2, 0.25) is 0 Å². The van der Waals surface area contributed by atoms with Crippen LogP contribution in [0.25, 0.3) is 0 Å². The standard InChI is InChI=1S/C11H12O2/c1-3-5-6-10(12)11-8-7-9(4-2)13-11/h1,7-8H,4-6H2,2H3. The second-order valence-electron chi connectivity index (χ2n) is 2.75. The first-order valence-electron chi connectivity index (χ1n) is 4.33. The molecule has 2 heteroatoms. The van der Waals surface area contributed by atoms with Gasteiger partial charge < -0.3 is 4.42 Å². The van der Waals surface area contributed by atoms with E-state index in [1.54, 1.807) is 6.07 Å². The molecule has 68 valence electrons. The molecule has 1 aromatic heterocycles. The molecule has 1 aromatic rings. The lowest BCUT2D eigenvalue weighted by atomic mass is 10.2. The summed E-state index contributed by atoms with van der Waals surface area (Å²) in [7, 11) is 0. The molecule has 0 atom stereocenters. The summed E-state index contributed by atoms with van der Waals surface area (Å²) in [6, 6.07) is 3.53. The molecule has 0 aliphatic rings. The fraction of sp³-hybridized carbons (Fsp3) is 0.364. The van der Waals surface area contributed by atoms with Gasteiger partial charge in [-0.3, -0.25) is 4.79 Å². The molecule has 0 unspecified atom stereocenters.